The Morgan fingerprint density at radius 1 is 1.18 bits per heavy atom. The third-order valence-corrected chi connectivity index (χ3v) is 3.65. The molecule has 0 fully saturated rings. The number of non-ortho nitro benzene ring substituents is 1. The summed E-state index contributed by atoms with van der Waals surface area (Å²) in [6.45, 7) is 1.21. The number of alkyl halides is 3. The predicted octanol–water partition coefficient (Wildman–Crippen LogP) is 3.73. The largest absolute Gasteiger partial charge is 0.452 e. The minimum atomic E-state index is -4.93. The highest BCUT2D eigenvalue weighted by Crippen LogP contribution is 2.37. The fourth-order valence-electron chi connectivity index (χ4n) is 2.28. The first kappa shape index (κ1) is 20.9. The zero-order valence-electron chi connectivity index (χ0n) is 14.5. The van der Waals surface area contributed by atoms with Crippen LogP contribution in [-0.4, -0.2) is 22.9 Å². The number of carbonyl (C=O) groups is 2. The van der Waals surface area contributed by atoms with Gasteiger partial charge in [-0.25, -0.2) is 0 Å². The summed E-state index contributed by atoms with van der Waals surface area (Å²) >= 11 is 0. The van der Waals surface area contributed by atoms with Crippen molar-refractivity contribution in [3.63, 3.8) is 0 Å². The summed E-state index contributed by atoms with van der Waals surface area (Å²) in [6.07, 6.45) is -6.40. The SMILES string of the molecule is CC(OC(=O)Cc1ccccc1)C(=O)Nc1ccc([N+](=O)[O-])cc1C(F)(F)F. The Balaban J connectivity index is 2.09. The van der Waals surface area contributed by atoms with Gasteiger partial charge in [0, 0.05) is 12.1 Å². The lowest BCUT2D eigenvalue weighted by Gasteiger charge is -2.17. The van der Waals surface area contributed by atoms with Gasteiger partial charge in [-0.2, -0.15) is 13.2 Å². The molecule has 2 rings (SSSR count). The van der Waals surface area contributed by atoms with Crippen molar-refractivity contribution in [1.29, 1.82) is 0 Å². The number of amides is 1. The van der Waals surface area contributed by atoms with E-state index in [9.17, 15) is 32.9 Å². The third kappa shape index (κ3) is 5.53. The predicted molar refractivity (Wildman–Crippen MR) is 92.4 cm³/mol. The number of halogens is 3. The van der Waals surface area contributed by atoms with Crippen molar-refractivity contribution in [3.05, 3.63) is 69.8 Å². The molecule has 1 atom stereocenters. The van der Waals surface area contributed by atoms with E-state index in [1.165, 1.54) is 6.92 Å². The molecule has 0 bridgehead atoms. The van der Waals surface area contributed by atoms with Gasteiger partial charge in [0.15, 0.2) is 6.10 Å². The van der Waals surface area contributed by atoms with Crippen LogP contribution in [0.2, 0.25) is 0 Å². The first-order valence-corrected chi connectivity index (χ1v) is 7.98. The number of rotatable bonds is 6. The number of ether oxygens (including phenoxy) is 1. The summed E-state index contributed by atoms with van der Waals surface area (Å²) in [5.41, 5.74) is -2.17. The van der Waals surface area contributed by atoms with Gasteiger partial charge in [0.1, 0.15) is 0 Å². The van der Waals surface area contributed by atoms with Gasteiger partial charge in [-0.3, -0.25) is 19.7 Å². The molecule has 0 aliphatic rings. The lowest BCUT2D eigenvalue weighted by Crippen LogP contribution is -2.31. The summed E-state index contributed by atoms with van der Waals surface area (Å²) in [6, 6.07) is 10.5. The van der Waals surface area contributed by atoms with Crippen LogP contribution in [0, 0.1) is 10.1 Å². The molecule has 0 aliphatic carbocycles. The molecule has 0 saturated heterocycles. The molecule has 28 heavy (non-hydrogen) atoms. The van der Waals surface area contributed by atoms with E-state index < -0.39 is 46.0 Å². The number of esters is 1. The lowest BCUT2D eigenvalue weighted by molar-refractivity contribution is -0.385. The third-order valence-electron chi connectivity index (χ3n) is 3.65. The van der Waals surface area contributed by atoms with Crippen molar-refractivity contribution in [2.24, 2.45) is 0 Å². The average Bonchev–Trinajstić information content (AvgIpc) is 2.61. The molecule has 0 spiro atoms. The minimum Gasteiger partial charge on any atom is -0.452 e. The van der Waals surface area contributed by atoms with E-state index in [2.05, 4.69) is 0 Å². The van der Waals surface area contributed by atoms with Gasteiger partial charge in [0.25, 0.3) is 11.6 Å². The van der Waals surface area contributed by atoms with Crippen LogP contribution in [0.3, 0.4) is 0 Å². The molecule has 7 nitrogen and oxygen atoms in total. The Labute approximate surface area is 157 Å². The first-order valence-electron chi connectivity index (χ1n) is 7.98. The lowest BCUT2D eigenvalue weighted by atomic mass is 10.1. The second kappa shape index (κ2) is 8.51. The summed E-state index contributed by atoms with van der Waals surface area (Å²) in [7, 11) is 0. The number of nitrogens with one attached hydrogen (secondary N) is 1. The number of hydrogen-bond acceptors (Lipinski definition) is 5. The van der Waals surface area contributed by atoms with Gasteiger partial charge in [-0.15, -0.1) is 0 Å². The molecular formula is C18H15F3N2O5. The smallest absolute Gasteiger partial charge is 0.418 e. The van der Waals surface area contributed by atoms with Gasteiger partial charge in [0.2, 0.25) is 0 Å². The van der Waals surface area contributed by atoms with Crippen molar-refractivity contribution in [2.75, 3.05) is 5.32 Å². The number of benzene rings is 2. The van der Waals surface area contributed by atoms with Crippen LogP contribution < -0.4 is 5.32 Å². The van der Waals surface area contributed by atoms with E-state index in [1.54, 1.807) is 30.3 Å². The maximum Gasteiger partial charge on any atom is 0.418 e. The summed E-state index contributed by atoms with van der Waals surface area (Å²) in [5.74, 6) is -1.73. The molecule has 2 aromatic carbocycles. The van der Waals surface area contributed by atoms with E-state index in [4.69, 9.17) is 4.74 Å². The number of anilines is 1. The van der Waals surface area contributed by atoms with E-state index in [0.29, 0.717) is 11.6 Å². The molecule has 148 valence electrons. The average molecular weight is 396 g/mol. The van der Waals surface area contributed by atoms with Crippen LogP contribution in [0.25, 0.3) is 0 Å². The number of nitro benzene ring substituents is 1. The zero-order chi connectivity index (χ0) is 20.9. The van der Waals surface area contributed by atoms with E-state index >= 15 is 0 Å². The molecule has 1 amide bonds. The minimum absolute atomic E-state index is 0.107. The Morgan fingerprint density at radius 3 is 2.39 bits per heavy atom. The normalized spacial score (nSPS) is 12.1. The zero-order valence-corrected chi connectivity index (χ0v) is 14.5. The molecule has 10 heteroatoms. The van der Waals surface area contributed by atoms with Gasteiger partial charge in [0.05, 0.1) is 22.6 Å². The van der Waals surface area contributed by atoms with Crippen LogP contribution in [0.15, 0.2) is 48.5 Å². The summed E-state index contributed by atoms with van der Waals surface area (Å²) < 4.78 is 44.3. The second-order valence-electron chi connectivity index (χ2n) is 5.77. The Morgan fingerprint density at radius 2 is 1.82 bits per heavy atom. The molecule has 2 aromatic rings. The van der Waals surface area contributed by atoms with Gasteiger partial charge in [-0.05, 0) is 18.6 Å². The molecule has 0 aliphatic heterocycles. The molecule has 0 radical (unpaired) electrons. The van der Waals surface area contributed by atoms with Crippen LogP contribution >= 0.6 is 0 Å². The van der Waals surface area contributed by atoms with Crippen LogP contribution in [0.5, 0.6) is 0 Å². The maximum absolute atomic E-state index is 13.1. The fraction of sp³-hybridized carbons (Fsp3) is 0.222. The first-order chi connectivity index (χ1) is 13.1. The highest BCUT2D eigenvalue weighted by atomic mass is 19.4. The molecule has 0 heterocycles. The van der Waals surface area contributed by atoms with Crippen molar-refractivity contribution in [3.8, 4) is 0 Å². The standard InChI is InChI=1S/C18H15F3N2O5/c1-11(28-16(24)9-12-5-3-2-4-6-12)17(25)22-15-8-7-13(23(26)27)10-14(15)18(19,20)21/h2-8,10-11H,9H2,1H3,(H,22,25). The Bertz CT molecular complexity index is 885. The monoisotopic (exact) mass is 396 g/mol. The molecule has 0 aromatic heterocycles. The molecule has 1 unspecified atom stereocenters. The second-order valence-corrected chi connectivity index (χ2v) is 5.77. The topological polar surface area (TPSA) is 98.5 Å². The van der Waals surface area contributed by atoms with Gasteiger partial charge < -0.3 is 10.1 Å². The maximum atomic E-state index is 13.1. The van der Waals surface area contributed by atoms with E-state index in [-0.39, 0.29) is 6.42 Å². The number of carbonyl (C=O) groups excluding carboxylic acids is 2. The molecule has 1 N–H and O–H groups in total. The molecule has 0 saturated carbocycles. The number of hydrogen-bond donors (Lipinski definition) is 1. The molecular weight excluding hydrogens is 381 g/mol. The number of nitrogens with zero attached hydrogens (tertiary/aromatic N) is 1. The van der Waals surface area contributed by atoms with Crippen molar-refractivity contribution in [2.45, 2.75) is 25.6 Å². The Kier molecular flexibility index (Phi) is 6.34. The van der Waals surface area contributed by atoms with Crippen LogP contribution in [-0.2, 0) is 26.9 Å². The highest BCUT2D eigenvalue weighted by Gasteiger charge is 2.36. The highest BCUT2D eigenvalue weighted by molar-refractivity contribution is 5.96. The number of nitro groups is 1. The van der Waals surface area contributed by atoms with Gasteiger partial charge >= 0.3 is 12.1 Å². The van der Waals surface area contributed by atoms with E-state index in [1.807, 2.05) is 5.32 Å². The van der Waals surface area contributed by atoms with Crippen molar-refractivity contribution in [1.82, 2.24) is 0 Å². The van der Waals surface area contributed by atoms with Crippen molar-refractivity contribution < 1.29 is 32.4 Å². The Hall–Kier alpha value is -3.43. The fourth-order valence-corrected chi connectivity index (χ4v) is 2.28. The van der Waals surface area contributed by atoms with Crippen molar-refractivity contribution >= 4 is 23.3 Å². The van der Waals surface area contributed by atoms with Gasteiger partial charge in [-0.1, -0.05) is 30.3 Å². The summed E-state index contributed by atoms with van der Waals surface area (Å²) in [4.78, 5) is 33.7. The van der Waals surface area contributed by atoms with E-state index in [0.717, 1.165) is 12.1 Å². The van der Waals surface area contributed by atoms with Crippen LogP contribution in [0.4, 0.5) is 24.5 Å². The quantitative estimate of drug-likeness (QED) is 0.456. The van der Waals surface area contributed by atoms with Crippen LogP contribution in [0.1, 0.15) is 18.1 Å². The summed E-state index contributed by atoms with van der Waals surface area (Å²) in [5, 5.41) is 12.7.